The maximum Gasteiger partial charge on any atom is 0.254 e. The van der Waals surface area contributed by atoms with Crippen molar-refractivity contribution in [3.05, 3.63) is 36.3 Å². The number of anilines is 1. The van der Waals surface area contributed by atoms with Crippen LogP contribution >= 0.6 is 0 Å². The number of hydrogen-bond donors (Lipinski definition) is 2. The van der Waals surface area contributed by atoms with Crippen LogP contribution in [0.4, 0.5) is 5.82 Å². The van der Waals surface area contributed by atoms with Gasteiger partial charge in [-0.2, -0.15) is 0 Å². The first-order valence-corrected chi connectivity index (χ1v) is 8.42. The highest BCUT2D eigenvalue weighted by Gasteiger charge is 2.22. The molecular weight excluding hydrogens is 316 g/mol. The largest absolute Gasteiger partial charge is 0.367 e. The number of amides is 1. The molecule has 2 N–H and O–H groups in total. The molecule has 0 fully saturated rings. The third-order valence-electron chi connectivity index (χ3n) is 3.92. The Balaban J connectivity index is 2.14. The molecule has 0 radical (unpaired) electrons. The topological polar surface area (TPSA) is 74.6 Å². The fraction of sp³-hybridized carbons (Fsp3) is 0.389. The van der Waals surface area contributed by atoms with Gasteiger partial charge in [0.2, 0.25) is 0 Å². The Morgan fingerprint density at radius 3 is 2.80 bits per heavy atom. The molecule has 0 atom stereocenters. The molecule has 0 aliphatic heterocycles. The van der Waals surface area contributed by atoms with Crippen LogP contribution in [0.1, 0.15) is 24.2 Å². The van der Waals surface area contributed by atoms with E-state index >= 15 is 0 Å². The molecule has 3 rings (SSSR count). The van der Waals surface area contributed by atoms with Gasteiger partial charge < -0.3 is 19.9 Å². The van der Waals surface area contributed by atoms with Gasteiger partial charge in [-0.15, -0.1) is 0 Å². The van der Waals surface area contributed by atoms with E-state index in [1.54, 1.807) is 0 Å². The first kappa shape index (κ1) is 17.2. The first-order valence-electron chi connectivity index (χ1n) is 8.42. The SMILES string of the molecule is CC(C)Nc1ncnc2c1c(C(=O)NCCN(C)C)c1ccccn12. The van der Waals surface area contributed by atoms with Gasteiger partial charge in [0.05, 0.1) is 16.5 Å². The molecule has 3 heterocycles. The van der Waals surface area contributed by atoms with Gasteiger partial charge in [0.15, 0.2) is 5.65 Å². The second kappa shape index (κ2) is 7.06. The van der Waals surface area contributed by atoms with Gasteiger partial charge in [0.25, 0.3) is 5.91 Å². The summed E-state index contributed by atoms with van der Waals surface area (Å²) in [5.41, 5.74) is 2.16. The van der Waals surface area contributed by atoms with Crippen LogP contribution < -0.4 is 10.6 Å². The standard InChI is InChI=1S/C18H24N6O/c1-12(2)22-16-15-14(18(25)19-8-10-23(3)4)13-7-5-6-9-24(13)17(15)21-11-20-16/h5-7,9,11-12H,8,10H2,1-4H3,(H,19,25)(H,20,21,22). The van der Waals surface area contributed by atoms with Crippen LogP contribution in [-0.4, -0.2) is 58.4 Å². The van der Waals surface area contributed by atoms with Crippen molar-refractivity contribution in [2.75, 3.05) is 32.5 Å². The van der Waals surface area contributed by atoms with E-state index in [9.17, 15) is 4.79 Å². The molecule has 0 saturated heterocycles. The summed E-state index contributed by atoms with van der Waals surface area (Å²) >= 11 is 0. The van der Waals surface area contributed by atoms with Crippen LogP contribution in [0.3, 0.4) is 0 Å². The summed E-state index contributed by atoms with van der Waals surface area (Å²) in [7, 11) is 3.96. The Kier molecular flexibility index (Phi) is 4.85. The summed E-state index contributed by atoms with van der Waals surface area (Å²) in [5.74, 6) is 0.573. The van der Waals surface area contributed by atoms with Crippen molar-refractivity contribution in [2.45, 2.75) is 19.9 Å². The zero-order valence-electron chi connectivity index (χ0n) is 15.1. The number of pyridine rings is 1. The molecule has 0 bridgehead atoms. The number of rotatable bonds is 6. The fourth-order valence-corrected chi connectivity index (χ4v) is 2.84. The molecule has 132 valence electrons. The van der Waals surface area contributed by atoms with Crippen LogP contribution in [0.2, 0.25) is 0 Å². The molecule has 7 nitrogen and oxygen atoms in total. The van der Waals surface area contributed by atoms with Gasteiger partial charge in [0.1, 0.15) is 12.1 Å². The highest BCUT2D eigenvalue weighted by Crippen LogP contribution is 2.30. The van der Waals surface area contributed by atoms with E-state index < -0.39 is 0 Å². The molecule has 0 aliphatic rings. The third-order valence-corrected chi connectivity index (χ3v) is 3.92. The quantitative estimate of drug-likeness (QED) is 0.718. The second-order valence-corrected chi connectivity index (χ2v) is 6.61. The molecule has 3 aromatic rings. The van der Waals surface area contributed by atoms with Crippen LogP contribution in [0.25, 0.3) is 16.6 Å². The van der Waals surface area contributed by atoms with Gasteiger partial charge in [-0.05, 0) is 40.1 Å². The molecule has 0 aliphatic carbocycles. The number of carbonyl (C=O) groups excluding carboxylic acids is 1. The predicted molar refractivity (Wildman–Crippen MR) is 100 cm³/mol. The summed E-state index contributed by atoms with van der Waals surface area (Å²) < 4.78 is 1.93. The van der Waals surface area contributed by atoms with Crippen LogP contribution in [0.15, 0.2) is 30.7 Å². The maximum atomic E-state index is 12.9. The highest BCUT2D eigenvalue weighted by atomic mass is 16.1. The molecule has 25 heavy (non-hydrogen) atoms. The van der Waals surface area contributed by atoms with Crippen LogP contribution in [0.5, 0.6) is 0 Å². The monoisotopic (exact) mass is 340 g/mol. The number of nitrogens with one attached hydrogen (secondary N) is 2. The van der Waals surface area contributed by atoms with Crippen molar-refractivity contribution in [1.82, 2.24) is 24.6 Å². The smallest absolute Gasteiger partial charge is 0.254 e. The van der Waals surface area contributed by atoms with E-state index in [0.29, 0.717) is 17.9 Å². The lowest BCUT2D eigenvalue weighted by atomic mass is 10.1. The minimum absolute atomic E-state index is 0.109. The molecule has 1 amide bonds. The first-order chi connectivity index (χ1) is 12.0. The summed E-state index contributed by atoms with van der Waals surface area (Å²) in [4.78, 5) is 23.7. The van der Waals surface area contributed by atoms with Crippen molar-refractivity contribution in [1.29, 1.82) is 0 Å². The molecular formula is C18H24N6O. The number of aromatic nitrogens is 3. The Labute approximate surface area is 147 Å². The lowest BCUT2D eigenvalue weighted by Crippen LogP contribution is -2.31. The van der Waals surface area contributed by atoms with Crippen molar-refractivity contribution in [2.24, 2.45) is 0 Å². The predicted octanol–water partition coefficient (Wildman–Crippen LogP) is 1.99. The fourth-order valence-electron chi connectivity index (χ4n) is 2.84. The molecule has 3 aromatic heterocycles. The lowest BCUT2D eigenvalue weighted by molar-refractivity contribution is 0.0954. The third kappa shape index (κ3) is 3.41. The van der Waals surface area contributed by atoms with Gasteiger partial charge in [-0.3, -0.25) is 4.79 Å². The van der Waals surface area contributed by atoms with Crippen LogP contribution in [0, 0.1) is 0 Å². The zero-order chi connectivity index (χ0) is 18.0. The average Bonchev–Trinajstić information content (AvgIpc) is 2.90. The number of fused-ring (bicyclic) bond motifs is 3. The summed E-state index contributed by atoms with van der Waals surface area (Å²) in [6.07, 6.45) is 3.45. The Hall–Kier alpha value is -2.67. The van der Waals surface area contributed by atoms with E-state index in [-0.39, 0.29) is 11.9 Å². The highest BCUT2D eigenvalue weighted by molar-refractivity contribution is 6.16. The van der Waals surface area contributed by atoms with Crippen molar-refractivity contribution < 1.29 is 4.79 Å². The Bertz CT molecular complexity index is 899. The number of carbonyl (C=O) groups is 1. The van der Waals surface area contributed by atoms with E-state index in [0.717, 1.165) is 23.1 Å². The van der Waals surface area contributed by atoms with E-state index in [1.165, 1.54) is 6.33 Å². The maximum absolute atomic E-state index is 12.9. The molecule has 0 saturated carbocycles. The normalized spacial score (nSPS) is 11.6. The van der Waals surface area contributed by atoms with E-state index in [2.05, 4.69) is 20.6 Å². The molecule has 0 spiro atoms. The van der Waals surface area contributed by atoms with E-state index in [1.807, 2.05) is 61.6 Å². The lowest BCUT2D eigenvalue weighted by Gasteiger charge is -2.12. The summed E-state index contributed by atoms with van der Waals surface area (Å²) in [6.45, 7) is 5.45. The summed E-state index contributed by atoms with van der Waals surface area (Å²) in [5, 5.41) is 7.08. The van der Waals surface area contributed by atoms with Gasteiger partial charge in [-0.25, -0.2) is 9.97 Å². The Morgan fingerprint density at radius 2 is 2.08 bits per heavy atom. The molecule has 0 unspecified atom stereocenters. The van der Waals surface area contributed by atoms with Gasteiger partial charge in [0, 0.05) is 25.3 Å². The molecule has 7 heteroatoms. The minimum atomic E-state index is -0.109. The van der Waals surface area contributed by atoms with Crippen molar-refractivity contribution >= 4 is 28.3 Å². The zero-order valence-corrected chi connectivity index (χ0v) is 15.1. The summed E-state index contributed by atoms with van der Waals surface area (Å²) in [6, 6.07) is 5.98. The second-order valence-electron chi connectivity index (χ2n) is 6.61. The van der Waals surface area contributed by atoms with Gasteiger partial charge in [-0.1, -0.05) is 6.07 Å². The van der Waals surface area contributed by atoms with E-state index in [4.69, 9.17) is 0 Å². The number of hydrogen-bond acceptors (Lipinski definition) is 5. The molecule has 0 aromatic carbocycles. The van der Waals surface area contributed by atoms with Crippen molar-refractivity contribution in [3.8, 4) is 0 Å². The Morgan fingerprint density at radius 1 is 1.28 bits per heavy atom. The number of nitrogens with zero attached hydrogens (tertiary/aromatic N) is 4. The number of likely N-dealkylation sites (N-methyl/N-ethyl adjacent to an activating group) is 1. The van der Waals surface area contributed by atoms with Crippen LogP contribution in [-0.2, 0) is 0 Å². The minimum Gasteiger partial charge on any atom is -0.367 e. The average molecular weight is 340 g/mol. The van der Waals surface area contributed by atoms with Gasteiger partial charge >= 0.3 is 0 Å². The van der Waals surface area contributed by atoms with Crippen molar-refractivity contribution in [3.63, 3.8) is 0 Å².